The molecule has 0 radical (unpaired) electrons. The summed E-state index contributed by atoms with van der Waals surface area (Å²) in [6.45, 7) is 3.84. The minimum atomic E-state index is 0.0357. The number of rotatable bonds is 3. The van der Waals surface area contributed by atoms with Crippen LogP contribution in [0.15, 0.2) is 5.16 Å². The highest BCUT2D eigenvalue weighted by Crippen LogP contribution is 2.24. The van der Waals surface area contributed by atoms with E-state index in [9.17, 15) is 0 Å². The summed E-state index contributed by atoms with van der Waals surface area (Å²) in [7, 11) is 3.90. The molecule has 0 bridgehead atoms. The summed E-state index contributed by atoms with van der Waals surface area (Å²) in [5, 5.41) is 16.2. The van der Waals surface area contributed by atoms with Crippen molar-refractivity contribution in [3.05, 3.63) is 11.3 Å². The molecule has 2 rings (SSSR count). The van der Waals surface area contributed by atoms with Crippen LogP contribution in [0.1, 0.15) is 24.1 Å². The van der Waals surface area contributed by atoms with Crippen molar-refractivity contribution in [1.29, 1.82) is 0 Å². The standard InChI is InChI=1S/C12H21N5O2/c1-8-10(11(13)15-18)12(17(3)14-8)19-9-4-6-16(2)7-5-9/h9,18H,4-7H2,1-3H3,(H2,13,15). The van der Waals surface area contributed by atoms with Crippen molar-refractivity contribution in [3.8, 4) is 5.88 Å². The molecule has 7 nitrogen and oxygen atoms in total. The van der Waals surface area contributed by atoms with Crippen LogP contribution < -0.4 is 10.5 Å². The normalized spacial score (nSPS) is 18.8. The van der Waals surface area contributed by atoms with Gasteiger partial charge in [0.05, 0.1) is 5.69 Å². The van der Waals surface area contributed by atoms with Crippen LogP contribution in [0.5, 0.6) is 5.88 Å². The maximum Gasteiger partial charge on any atom is 0.223 e. The van der Waals surface area contributed by atoms with E-state index in [1.807, 2.05) is 6.92 Å². The first-order chi connectivity index (χ1) is 9.02. The quantitative estimate of drug-likeness (QED) is 0.356. The van der Waals surface area contributed by atoms with E-state index in [-0.39, 0.29) is 11.9 Å². The molecule has 0 atom stereocenters. The van der Waals surface area contributed by atoms with Gasteiger partial charge >= 0.3 is 0 Å². The van der Waals surface area contributed by atoms with Gasteiger partial charge in [0.25, 0.3) is 0 Å². The SMILES string of the molecule is Cc1nn(C)c(OC2CCN(C)CC2)c1C(N)=NO. The number of likely N-dealkylation sites (tertiary alicyclic amines) is 1. The highest BCUT2D eigenvalue weighted by atomic mass is 16.5. The summed E-state index contributed by atoms with van der Waals surface area (Å²) in [5.41, 5.74) is 6.96. The minimum Gasteiger partial charge on any atom is -0.474 e. The number of aromatic nitrogens is 2. The molecule has 7 heteroatoms. The number of nitrogens with two attached hydrogens (primary N) is 1. The van der Waals surface area contributed by atoms with E-state index in [1.165, 1.54) is 0 Å². The number of ether oxygens (including phenoxy) is 1. The fourth-order valence-electron chi connectivity index (χ4n) is 2.38. The highest BCUT2D eigenvalue weighted by Gasteiger charge is 2.24. The van der Waals surface area contributed by atoms with Crippen LogP contribution in [0.3, 0.4) is 0 Å². The second-order valence-electron chi connectivity index (χ2n) is 4.99. The fraction of sp³-hybridized carbons (Fsp3) is 0.667. The zero-order valence-corrected chi connectivity index (χ0v) is 11.6. The van der Waals surface area contributed by atoms with E-state index in [2.05, 4.69) is 22.2 Å². The Hall–Kier alpha value is -1.76. The summed E-state index contributed by atoms with van der Waals surface area (Å²) in [6.07, 6.45) is 2.09. The largest absolute Gasteiger partial charge is 0.474 e. The van der Waals surface area contributed by atoms with E-state index in [0.29, 0.717) is 17.1 Å². The Morgan fingerprint density at radius 2 is 2.05 bits per heavy atom. The predicted molar refractivity (Wildman–Crippen MR) is 71.6 cm³/mol. The van der Waals surface area contributed by atoms with E-state index >= 15 is 0 Å². The molecule has 19 heavy (non-hydrogen) atoms. The van der Waals surface area contributed by atoms with Gasteiger partial charge in [-0.3, -0.25) is 0 Å². The Kier molecular flexibility index (Phi) is 3.94. The maximum absolute atomic E-state index is 8.85. The lowest BCUT2D eigenvalue weighted by Crippen LogP contribution is -2.36. The van der Waals surface area contributed by atoms with E-state index in [1.54, 1.807) is 11.7 Å². The summed E-state index contributed by atoms with van der Waals surface area (Å²) in [4.78, 5) is 2.28. The van der Waals surface area contributed by atoms with Gasteiger partial charge in [-0.2, -0.15) is 5.10 Å². The number of piperidine rings is 1. The number of aryl methyl sites for hydroxylation is 2. The summed E-state index contributed by atoms with van der Waals surface area (Å²) in [5.74, 6) is 0.607. The van der Waals surface area contributed by atoms with Crippen LogP contribution in [0, 0.1) is 6.92 Å². The molecule has 0 saturated carbocycles. The predicted octanol–water partition coefficient (Wildman–Crippen LogP) is 0.296. The lowest BCUT2D eigenvalue weighted by atomic mass is 10.1. The van der Waals surface area contributed by atoms with Crippen molar-refractivity contribution in [2.24, 2.45) is 17.9 Å². The van der Waals surface area contributed by atoms with Gasteiger partial charge in [0.1, 0.15) is 11.7 Å². The average Bonchev–Trinajstić information content (AvgIpc) is 2.66. The van der Waals surface area contributed by atoms with Crippen molar-refractivity contribution in [2.75, 3.05) is 20.1 Å². The Morgan fingerprint density at radius 1 is 1.42 bits per heavy atom. The molecule has 0 amide bonds. The molecule has 1 aliphatic rings. The molecular formula is C12H21N5O2. The van der Waals surface area contributed by atoms with Crippen LogP contribution in [0.25, 0.3) is 0 Å². The van der Waals surface area contributed by atoms with Crippen molar-refractivity contribution in [3.63, 3.8) is 0 Å². The molecule has 0 aliphatic carbocycles. The second-order valence-corrected chi connectivity index (χ2v) is 4.99. The summed E-state index contributed by atoms with van der Waals surface area (Å²) in [6, 6.07) is 0. The lowest BCUT2D eigenvalue weighted by Gasteiger charge is -2.29. The number of hydrogen-bond acceptors (Lipinski definition) is 5. The number of hydrogen-bond donors (Lipinski definition) is 2. The molecule has 1 aromatic heterocycles. The molecule has 2 heterocycles. The Bertz CT molecular complexity index is 475. The molecule has 1 fully saturated rings. The first-order valence-electron chi connectivity index (χ1n) is 6.39. The summed E-state index contributed by atoms with van der Waals surface area (Å²) < 4.78 is 7.65. The molecule has 1 aliphatic heterocycles. The Labute approximate surface area is 112 Å². The fourth-order valence-corrected chi connectivity index (χ4v) is 2.38. The first kappa shape index (κ1) is 13.7. The molecule has 0 aromatic carbocycles. The van der Waals surface area contributed by atoms with Gasteiger partial charge in [-0.15, -0.1) is 0 Å². The maximum atomic E-state index is 8.85. The van der Waals surface area contributed by atoms with Crippen LogP contribution in [0.4, 0.5) is 0 Å². The van der Waals surface area contributed by atoms with Gasteiger partial charge in [0.2, 0.25) is 5.88 Å². The molecular weight excluding hydrogens is 246 g/mol. The Balaban J connectivity index is 2.20. The van der Waals surface area contributed by atoms with Crippen molar-refractivity contribution in [1.82, 2.24) is 14.7 Å². The van der Waals surface area contributed by atoms with Gasteiger partial charge in [0.15, 0.2) is 5.84 Å². The van der Waals surface area contributed by atoms with Gasteiger partial charge in [-0.05, 0) is 26.8 Å². The molecule has 1 aromatic rings. The van der Waals surface area contributed by atoms with E-state index in [0.717, 1.165) is 25.9 Å². The monoisotopic (exact) mass is 267 g/mol. The van der Waals surface area contributed by atoms with Crippen LogP contribution >= 0.6 is 0 Å². The molecule has 106 valence electrons. The second kappa shape index (κ2) is 5.48. The minimum absolute atomic E-state index is 0.0357. The smallest absolute Gasteiger partial charge is 0.223 e. The highest BCUT2D eigenvalue weighted by molar-refractivity contribution is 6.00. The number of oxime groups is 1. The van der Waals surface area contributed by atoms with Crippen molar-refractivity contribution >= 4 is 5.84 Å². The van der Waals surface area contributed by atoms with Gasteiger partial charge in [0, 0.05) is 20.1 Å². The third-order valence-corrected chi connectivity index (χ3v) is 3.48. The third kappa shape index (κ3) is 2.81. The van der Waals surface area contributed by atoms with Crippen LogP contribution in [0.2, 0.25) is 0 Å². The van der Waals surface area contributed by atoms with E-state index < -0.39 is 0 Å². The molecule has 3 N–H and O–H groups in total. The third-order valence-electron chi connectivity index (χ3n) is 3.48. The van der Waals surface area contributed by atoms with Gasteiger partial charge in [-0.25, -0.2) is 4.68 Å². The average molecular weight is 267 g/mol. The molecule has 1 saturated heterocycles. The van der Waals surface area contributed by atoms with Crippen LogP contribution in [-0.2, 0) is 7.05 Å². The van der Waals surface area contributed by atoms with E-state index in [4.69, 9.17) is 15.7 Å². The van der Waals surface area contributed by atoms with Crippen LogP contribution in [-0.4, -0.2) is 52.0 Å². The van der Waals surface area contributed by atoms with Crippen molar-refractivity contribution < 1.29 is 9.94 Å². The summed E-state index contributed by atoms with van der Waals surface area (Å²) >= 11 is 0. The lowest BCUT2D eigenvalue weighted by molar-refractivity contribution is 0.105. The molecule has 0 spiro atoms. The van der Waals surface area contributed by atoms with Gasteiger partial charge < -0.3 is 20.6 Å². The Morgan fingerprint density at radius 3 is 2.63 bits per heavy atom. The van der Waals surface area contributed by atoms with Gasteiger partial charge in [-0.1, -0.05) is 5.16 Å². The van der Waals surface area contributed by atoms with Crippen molar-refractivity contribution in [2.45, 2.75) is 25.9 Å². The number of amidine groups is 1. The topological polar surface area (TPSA) is 88.9 Å². The number of nitrogens with zero attached hydrogens (tertiary/aromatic N) is 4. The first-order valence-corrected chi connectivity index (χ1v) is 6.39. The zero-order chi connectivity index (χ0) is 14.0. The zero-order valence-electron chi connectivity index (χ0n) is 11.6. The molecule has 0 unspecified atom stereocenters.